The van der Waals surface area contributed by atoms with Crippen LogP contribution >= 0.6 is 11.6 Å². The Bertz CT molecular complexity index is 1430. The number of nitrogens with two attached hydrogens (primary N) is 1. The summed E-state index contributed by atoms with van der Waals surface area (Å²) in [5, 5.41) is 15.4. The van der Waals surface area contributed by atoms with Crippen molar-refractivity contribution in [2.75, 3.05) is 0 Å². The fourth-order valence-electron chi connectivity index (χ4n) is 4.57. The van der Waals surface area contributed by atoms with Crippen molar-refractivity contribution in [3.63, 3.8) is 0 Å². The van der Waals surface area contributed by atoms with Gasteiger partial charge in [-0.1, -0.05) is 29.3 Å². The second kappa shape index (κ2) is 8.97. The number of hydrogen-bond donors (Lipinski definition) is 1. The van der Waals surface area contributed by atoms with Gasteiger partial charge in [-0.15, -0.1) is 0 Å². The standard InChI is InChI=1S/C27H23ClN4O3/c1-15-6-10-18(11-7-15)32-27(34-19-12-8-17(28)9-13-19)23(16(2)31-32)24-20(14-29)26(30)35-22-5-3-4-21(33)25(22)24/h6-13,24H,3-5,30H2,1-2H3. The van der Waals surface area contributed by atoms with Crippen LogP contribution in [0.15, 0.2) is 71.3 Å². The Morgan fingerprint density at radius 3 is 2.54 bits per heavy atom. The molecule has 176 valence electrons. The summed E-state index contributed by atoms with van der Waals surface area (Å²) in [4.78, 5) is 13.1. The summed E-state index contributed by atoms with van der Waals surface area (Å²) < 4.78 is 13.8. The molecular formula is C27H23ClN4O3. The maximum Gasteiger partial charge on any atom is 0.227 e. The van der Waals surface area contributed by atoms with E-state index in [-0.39, 0.29) is 17.2 Å². The highest BCUT2D eigenvalue weighted by atomic mass is 35.5. The Morgan fingerprint density at radius 2 is 1.86 bits per heavy atom. The van der Waals surface area contributed by atoms with Crippen LogP contribution in [-0.4, -0.2) is 15.6 Å². The molecule has 3 aromatic rings. The molecule has 1 unspecified atom stereocenters. The molecule has 1 aromatic heterocycles. The van der Waals surface area contributed by atoms with Crippen LogP contribution in [0.25, 0.3) is 5.69 Å². The minimum atomic E-state index is -0.738. The molecule has 0 amide bonds. The van der Waals surface area contributed by atoms with Gasteiger partial charge in [0.2, 0.25) is 11.8 Å². The maximum absolute atomic E-state index is 13.1. The van der Waals surface area contributed by atoms with Gasteiger partial charge < -0.3 is 15.2 Å². The lowest BCUT2D eigenvalue weighted by Crippen LogP contribution is -2.27. The van der Waals surface area contributed by atoms with Gasteiger partial charge in [0.15, 0.2) is 5.78 Å². The molecule has 7 nitrogen and oxygen atoms in total. The molecule has 5 rings (SSSR count). The predicted octanol–water partition coefficient (Wildman–Crippen LogP) is 5.75. The summed E-state index contributed by atoms with van der Waals surface area (Å²) in [7, 11) is 0. The van der Waals surface area contributed by atoms with E-state index in [0.29, 0.717) is 58.5 Å². The van der Waals surface area contributed by atoms with Crippen molar-refractivity contribution in [3.8, 4) is 23.4 Å². The van der Waals surface area contributed by atoms with Crippen LogP contribution in [0.5, 0.6) is 11.6 Å². The Morgan fingerprint density at radius 1 is 1.14 bits per heavy atom. The molecule has 2 N–H and O–H groups in total. The average molecular weight is 487 g/mol. The number of Topliss-reactive ketones (excluding diaryl/α,β-unsaturated/α-hetero) is 1. The number of aryl methyl sites for hydroxylation is 2. The fraction of sp³-hybridized carbons (Fsp3) is 0.222. The van der Waals surface area contributed by atoms with E-state index in [0.717, 1.165) is 11.3 Å². The Labute approximate surface area is 208 Å². The number of nitriles is 1. The molecular weight excluding hydrogens is 464 g/mol. The first-order valence-corrected chi connectivity index (χ1v) is 11.7. The van der Waals surface area contributed by atoms with E-state index in [9.17, 15) is 10.1 Å². The number of aromatic nitrogens is 2. The smallest absolute Gasteiger partial charge is 0.227 e. The van der Waals surface area contributed by atoms with Crippen molar-refractivity contribution in [3.05, 3.63) is 93.2 Å². The highest BCUT2D eigenvalue weighted by Crippen LogP contribution is 2.48. The van der Waals surface area contributed by atoms with Crippen molar-refractivity contribution in [2.24, 2.45) is 5.73 Å². The third-order valence-corrected chi connectivity index (χ3v) is 6.51. The molecule has 2 aromatic carbocycles. The van der Waals surface area contributed by atoms with Crippen LogP contribution in [0.4, 0.5) is 0 Å². The van der Waals surface area contributed by atoms with Crippen molar-refractivity contribution in [1.82, 2.24) is 9.78 Å². The van der Waals surface area contributed by atoms with Gasteiger partial charge in [-0.05, 0) is 56.7 Å². The van der Waals surface area contributed by atoms with Gasteiger partial charge in [0.25, 0.3) is 0 Å². The van der Waals surface area contributed by atoms with Crippen molar-refractivity contribution >= 4 is 17.4 Å². The number of ether oxygens (including phenoxy) is 2. The van der Waals surface area contributed by atoms with Gasteiger partial charge in [-0.2, -0.15) is 10.4 Å². The van der Waals surface area contributed by atoms with Gasteiger partial charge in [0.1, 0.15) is 23.2 Å². The van der Waals surface area contributed by atoms with Gasteiger partial charge >= 0.3 is 0 Å². The van der Waals surface area contributed by atoms with Gasteiger partial charge in [0.05, 0.1) is 22.9 Å². The minimum absolute atomic E-state index is 0.00544. The molecule has 0 bridgehead atoms. The molecule has 0 fully saturated rings. The number of rotatable bonds is 4. The highest BCUT2D eigenvalue weighted by molar-refractivity contribution is 6.30. The zero-order valence-corrected chi connectivity index (χ0v) is 20.1. The number of hydrogen-bond acceptors (Lipinski definition) is 6. The fourth-order valence-corrected chi connectivity index (χ4v) is 4.69. The van der Waals surface area contributed by atoms with Crippen LogP contribution in [-0.2, 0) is 9.53 Å². The summed E-state index contributed by atoms with van der Waals surface area (Å²) >= 11 is 6.07. The van der Waals surface area contributed by atoms with E-state index in [1.807, 2.05) is 38.1 Å². The van der Waals surface area contributed by atoms with Crippen LogP contribution in [0.1, 0.15) is 42.0 Å². The van der Waals surface area contributed by atoms with Crippen molar-refractivity contribution in [1.29, 1.82) is 5.26 Å². The van der Waals surface area contributed by atoms with Gasteiger partial charge in [-0.25, -0.2) is 4.68 Å². The molecule has 2 aliphatic rings. The molecule has 0 radical (unpaired) electrons. The summed E-state index contributed by atoms with van der Waals surface area (Å²) in [6, 6.07) is 17.0. The summed E-state index contributed by atoms with van der Waals surface area (Å²) in [5.74, 6) is 0.657. The van der Waals surface area contributed by atoms with Crippen LogP contribution < -0.4 is 10.5 Å². The van der Waals surface area contributed by atoms with E-state index in [4.69, 9.17) is 31.9 Å². The lowest BCUT2D eigenvalue weighted by molar-refractivity contribution is -0.116. The number of ketones is 1. The predicted molar refractivity (Wildman–Crippen MR) is 131 cm³/mol. The quantitative estimate of drug-likeness (QED) is 0.503. The molecule has 8 heteroatoms. The van der Waals surface area contributed by atoms with Crippen molar-refractivity contribution in [2.45, 2.75) is 39.0 Å². The van der Waals surface area contributed by atoms with E-state index < -0.39 is 5.92 Å². The van der Waals surface area contributed by atoms with E-state index in [1.54, 1.807) is 28.9 Å². The first kappa shape index (κ1) is 22.8. The molecule has 2 heterocycles. The zero-order valence-electron chi connectivity index (χ0n) is 19.3. The van der Waals surface area contributed by atoms with Crippen LogP contribution in [0.2, 0.25) is 5.02 Å². The molecule has 1 aliphatic carbocycles. The Hall–Kier alpha value is -4.02. The Kier molecular flexibility index (Phi) is 5.83. The van der Waals surface area contributed by atoms with Crippen LogP contribution in [0.3, 0.4) is 0 Å². The van der Waals surface area contributed by atoms with E-state index in [2.05, 4.69) is 6.07 Å². The normalized spacial score (nSPS) is 17.7. The Balaban J connectivity index is 1.76. The average Bonchev–Trinajstić information content (AvgIpc) is 3.15. The number of carbonyl (C=O) groups is 1. The monoisotopic (exact) mass is 486 g/mol. The second-order valence-electron chi connectivity index (χ2n) is 8.65. The van der Waals surface area contributed by atoms with Gasteiger partial charge in [0, 0.05) is 23.4 Å². The summed E-state index contributed by atoms with van der Waals surface area (Å²) in [6.07, 6.45) is 1.64. The van der Waals surface area contributed by atoms with Gasteiger partial charge in [-0.3, -0.25) is 4.79 Å². The lowest BCUT2D eigenvalue weighted by Gasteiger charge is -2.31. The van der Waals surface area contributed by atoms with E-state index in [1.165, 1.54) is 0 Å². The molecule has 1 aliphatic heterocycles. The number of benzene rings is 2. The molecule has 0 saturated carbocycles. The second-order valence-corrected chi connectivity index (χ2v) is 9.08. The summed E-state index contributed by atoms with van der Waals surface area (Å²) in [6.45, 7) is 3.84. The first-order valence-electron chi connectivity index (χ1n) is 11.3. The number of halogens is 1. The number of carbonyl (C=O) groups excluding carboxylic acids is 1. The van der Waals surface area contributed by atoms with Crippen LogP contribution in [0, 0.1) is 25.2 Å². The first-order chi connectivity index (χ1) is 16.9. The highest BCUT2D eigenvalue weighted by Gasteiger charge is 2.42. The largest absolute Gasteiger partial charge is 0.444 e. The minimum Gasteiger partial charge on any atom is -0.444 e. The lowest BCUT2D eigenvalue weighted by atomic mass is 9.77. The third kappa shape index (κ3) is 4.07. The van der Waals surface area contributed by atoms with E-state index >= 15 is 0 Å². The molecule has 35 heavy (non-hydrogen) atoms. The topological polar surface area (TPSA) is 103 Å². The third-order valence-electron chi connectivity index (χ3n) is 6.26. The maximum atomic E-state index is 13.1. The number of allylic oxidation sites excluding steroid dienone is 3. The molecule has 0 spiro atoms. The summed E-state index contributed by atoms with van der Waals surface area (Å²) in [5.41, 5.74) is 9.91. The molecule has 1 atom stereocenters. The SMILES string of the molecule is Cc1ccc(-n2nc(C)c(C3C(C#N)=C(N)OC4=C3C(=O)CCC4)c2Oc2ccc(Cl)cc2)cc1. The zero-order chi connectivity index (χ0) is 24.7. The molecule has 0 saturated heterocycles. The van der Waals surface area contributed by atoms with Crippen molar-refractivity contribution < 1.29 is 14.3 Å². The number of nitrogens with zero attached hydrogens (tertiary/aromatic N) is 3.